The molecule has 0 saturated heterocycles. The van der Waals surface area contributed by atoms with E-state index in [9.17, 15) is 9.59 Å². The number of carboxylic acid groups (broad SMARTS) is 1. The standard InChI is InChI=1S/C6H5N3O3/c7-5(10)3-1-9-4(2-8-3)6(11)12/h1-2H,(H2,7,10)(H,11,12). The van der Waals surface area contributed by atoms with Gasteiger partial charge < -0.3 is 10.8 Å². The lowest BCUT2D eigenvalue weighted by Gasteiger charge is -1.93. The van der Waals surface area contributed by atoms with Gasteiger partial charge in [-0.1, -0.05) is 0 Å². The first kappa shape index (κ1) is 8.12. The van der Waals surface area contributed by atoms with Crippen LogP contribution in [0, 0.1) is 0 Å². The highest BCUT2D eigenvalue weighted by molar-refractivity contribution is 5.91. The Morgan fingerprint density at radius 2 is 1.75 bits per heavy atom. The van der Waals surface area contributed by atoms with Crippen molar-refractivity contribution < 1.29 is 14.7 Å². The SMILES string of the molecule is NC(=O)c1cnc(C(=O)O)cn1. The fraction of sp³-hybridized carbons (Fsp3) is 0. The van der Waals surface area contributed by atoms with Gasteiger partial charge in [0.05, 0.1) is 12.4 Å². The van der Waals surface area contributed by atoms with Gasteiger partial charge in [0, 0.05) is 0 Å². The molecule has 0 spiro atoms. The lowest BCUT2D eigenvalue weighted by molar-refractivity contribution is 0.0689. The van der Waals surface area contributed by atoms with Gasteiger partial charge in [-0.3, -0.25) is 4.79 Å². The predicted octanol–water partition coefficient (Wildman–Crippen LogP) is -0.726. The maximum Gasteiger partial charge on any atom is 0.356 e. The Bertz CT molecular complexity index is 286. The van der Waals surface area contributed by atoms with Crippen molar-refractivity contribution in [3.8, 4) is 0 Å². The number of hydrogen-bond donors (Lipinski definition) is 2. The zero-order valence-electron chi connectivity index (χ0n) is 5.89. The Hall–Kier alpha value is -1.98. The van der Waals surface area contributed by atoms with Crippen LogP contribution in [0.2, 0.25) is 0 Å². The third-order valence-corrected chi connectivity index (χ3v) is 1.12. The lowest BCUT2D eigenvalue weighted by Crippen LogP contribution is -2.14. The fourth-order valence-corrected chi connectivity index (χ4v) is 0.566. The van der Waals surface area contributed by atoms with Crippen LogP contribution in [0.4, 0.5) is 0 Å². The second kappa shape index (κ2) is 2.95. The first-order valence-corrected chi connectivity index (χ1v) is 2.96. The van der Waals surface area contributed by atoms with Gasteiger partial charge in [-0.25, -0.2) is 14.8 Å². The van der Waals surface area contributed by atoms with Crippen LogP contribution in [0.1, 0.15) is 21.0 Å². The van der Waals surface area contributed by atoms with Crippen LogP contribution in [-0.4, -0.2) is 27.0 Å². The number of aromatic nitrogens is 2. The lowest BCUT2D eigenvalue weighted by atomic mass is 10.4. The topological polar surface area (TPSA) is 106 Å². The average molecular weight is 167 g/mol. The van der Waals surface area contributed by atoms with Gasteiger partial charge in [-0.05, 0) is 0 Å². The zero-order chi connectivity index (χ0) is 9.14. The monoisotopic (exact) mass is 167 g/mol. The minimum atomic E-state index is -1.20. The molecule has 0 aliphatic carbocycles. The summed E-state index contributed by atoms with van der Waals surface area (Å²) in [5.74, 6) is -1.93. The maximum atomic E-state index is 10.5. The molecule has 1 amide bonds. The summed E-state index contributed by atoms with van der Waals surface area (Å²) in [4.78, 5) is 27.6. The Labute approximate surface area is 67.1 Å². The van der Waals surface area contributed by atoms with Crippen molar-refractivity contribution in [2.75, 3.05) is 0 Å². The van der Waals surface area contributed by atoms with Gasteiger partial charge in [-0.2, -0.15) is 0 Å². The van der Waals surface area contributed by atoms with E-state index in [1.54, 1.807) is 0 Å². The van der Waals surface area contributed by atoms with Crippen LogP contribution in [0.15, 0.2) is 12.4 Å². The van der Waals surface area contributed by atoms with E-state index in [0.29, 0.717) is 0 Å². The van der Waals surface area contributed by atoms with E-state index in [1.165, 1.54) is 0 Å². The van der Waals surface area contributed by atoms with Crippen molar-refractivity contribution in [2.45, 2.75) is 0 Å². The summed E-state index contributed by atoms with van der Waals surface area (Å²) in [6, 6.07) is 0. The van der Waals surface area contributed by atoms with Crippen molar-refractivity contribution in [3.05, 3.63) is 23.8 Å². The smallest absolute Gasteiger partial charge is 0.356 e. The number of primary amides is 1. The van der Waals surface area contributed by atoms with Crippen LogP contribution in [0.25, 0.3) is 0 Å². The second-order valence-corrected chi connectivity index (χ2v) is 1.96. The number of carboxylic acids is 1. The molecule has 0 radical (unpaired) electrons. The zero-order valence-corrected chi connectivity index (χ0v) is 5.89. The summed E-state index contributed by atoms with van der Waals surface area (Å²) in [6.45, 7) is 0. The maximum absolute atomic E-state index is 10.5. The molecule has 0 aliphatic rings. The summed E-state index contributed by atoms with van der Waals surface area (Å²) in [5.41, 5.74) is 4.57. The summed E-state index contributed by atoms with van der Waals surface area (Å²) < 4.78 is 0. The van der Waals surface area contributed by atoms with Crippen molar-refractivity contribution >= 4 is 11.9 Å². The number of aromatic carboxylic acids is 1. The summed E-state index contributed by atoms with van der Waals surface area (Å²) >= 11 is 0. The van der Waals surface area contributed by atoms with Crippen molar-refractivity contribution in [2.24, 2.45) is 5.73 Å². The molecule has 12 heavy (non-hydrogen) atoms. The minimum absolute atomic E-state index is 0.0556. The Morgan fingerprint density at radius 1 is 1.25 bits per heavy atom. The molecule has 0 saturated carbocycles. The van der Waals surface area contributed by atoms with Crippen LogP contribution in [-0.2, 0) is 0 Å². The molecule has 1 aromatic heterocycles. The number of nitrogens with two attached hydrogens (primary N) is 1. The molecule has 1 heterocycles. The second-order valence-electron chi connectivity index (χ2n) is 1.96. The van der Waals surface area contributed by atoms with Crippen molar-refractivity contribution in [1.82, 2.24) is 9.97 Å². The number of rotatable bonds is 2. The van der Waals surface area contributed by atoms with E-state index < -0.39 is 11.9 Å². The van der Waals surface area contributed by atoms with Crippen molar-refractivity contribution in [3.63, 3.8) is 0 Å². The Kier molecular flexibility index (Phi) is 2.00. The van der Waals surface area contributed by atoms with Crippen LogP contribution >= 0.6 is 0 Å². The first-order valence-electron chi connectivity index (χ1n) is 2.96. The van der Waals surface area contributed by atoms with Crippen LogP contribution in [0.5, 0.6) is 0 Å². The number of nitrogens with zero attached hydrogens (tertiary/aromatic N) is 2. The molecule has 0 atom stereocenters. The molecule has 6 heteroatoms. The summed E-state index contributed by atoms with van der Waals surface area (Å²) in [6.07, 6.45) is 1.99. The average Bonchev–Trinajstić information content (AvgIpc) is 2.04. The number of carbonyl (C=O) groups is 2. The van der Waals surface area contributed by atoms with Crippen molar-refractivity contribution in [1.29, 1.82) is 0 Å². The van der Waals surface area contributed by atoms with Gasteiger partial charge in [0.2, 0.25) is 0 Å². The number of carbonyl (C=O) groups excluding carboxylic acids is 1. The fourth-order valence-electron chi connectivity index (χ4n) is 0.566. The summed E-state index contributed by atoms with van der Waals surface area (Å²) in [7, 11) is 0. The van der Waals surface area contributed by atoms with E-state index >= 15 is 0 Å². The molecule has 0 unspecified atom stereocenters. The van der Waals surface area contributed by atoms with Crippen LogP contribution < -0.4 is 5.73 Å². The van der Waals surface area contributed by atoms with E-state index in [0.717, 1.165) is 12.4 Å². The van der Waals surface area contributed by atoms with E-state index in [-0.39, 0.29) is 11.4 Å². The highest BCUT2D eigenvalue weighted by atomic mass is 16.4. The minimum Gasteiger partial charge on any atom is -0.476 e. The third-order valence-electron chi connectivity index (χ3n) is 1.12. The first-order chi connectivity index (χ1) is 5.61. The molecule has 3 N–H and O–H groups in total. The molecule has 0 bridgehead atoms. The van der Waals surface area contributed by atoms with Crippen LogP contribution in [0.3, 0.4) is 0 Å². The molecular weight excluding hydrogens is 162 g/mol. The van der Waals surface area contributed by atoms with Gasteiger partial charge in [0.1, 0.15) is 5.69 Å². The highest BCUT2D eigenvalue weighted by Crippen LogP contribution is 1.93. The van der Waals surface area contributed by atoms with Gasteiger partial charge >= 0.3 is 5.97 Å². The number of amides is 1. The normalized spacial score (nSPS) is 9.33. The van der Waals surface area contributed by atoms with E-state index in [1.807, 2.05) is 0 Å². The molecular formula is C6H5N3O3. The largest absolute Gasteiger partial charge is 0.476 e. The van der Waals surface area contributed by atoms with E-state index in [4.69, 9.17) is 10.8 Å². The van der Waals surface area contributed by atoms with E-state index in [2.05, 4.69) is 9.97 Å². The Balaban J connectivity index is 3.01. The highest BCUT2D eigenvalue weighted by Gasteiger charge is 2.06. The molecule has 62 valence electrons. The third kappa shape index (κ3) is 1.54. The van der Waals surface area contributed by atoms with Gasteiger partial charge in [-0.15, -0.1) is 0 Å². The Morgan fingerprint density at radius 3 is 2.08 bits per heavy atom. The molecule has 1 rings (SSSR count). The predicted molar refractivity (Wildman–Crippen MR) is 37.5 cm³/mol. The molecule has 6 nitrogen and oxygen atoms in total. The molecule has 0 aliphatic heterocycles. The summed E-state index contributed by atoms with van der Waals surface area (Å²) in [5, 5.41) is 8.40. The quantitative estimate of drug-likeness (QED) is 0.604. The van der Waals surface area contributed by atoms with Gasteiger partial charge in [0.25, 0.3) is 5.91 Å². The van der Waals surface area contributed by atoms with Gasteiger partial charge in [0.15, 0.2) is 5.69 Å². The molecule has 0 fully saturated rings. The number of hydrogen-bond acceptors (Lipinski definition) is 4. The molecule has 0 aromatic carbocycles. The molecule has 1 aromatic rings.